The Morgan fingerprint density at radius 2 is 2.00 bits per heavy atom. The first kappa shape index (κ1) is 16.0. The van der Waals surface area contributed by atoms with Gasteiger partial charge in [-0.25, -0.2) is 15.0 Å². The molecule has 1 aromatic carbocycles. The van der Waals surface area contributed by atoms with E-state index in [0.717, 1.165) is 43.9 Å². The van der Waals surface area contributed by atoms with E-state index in [1.165, 1.54) is 5.56 Å². The smallest absolute Gasteiger partial charge is 0.182 e. The molecule has 1 aliphatic rings. The van der Waals surface area contributed by atoms with Gasteiger partial charge in [-0.1, -0.05) is 30.3 Å². The van der Waals surface area contributed by atoms with Crippen molar-refractivity contribution >= 4 is 17.0 Å². The zero-order valence-electron chi connectivity index (χ0n) is 14.0. The summed E-state index contributed by atoms with van der Waals surface area (Å²) in [6, 6.07) is 10.8. The fraction of sp³-hybridized carbons (Fsp3) is 0.389. The fourth-order valence-corrected chi connectivity index (χ4v) is 3.53. The van der Waals surface area contributed by atoms with E-state index in [1.807, 2.05) is 6.07 Å². The molecular weight excluding hydrogens is 316 g/mol. The molecule has 1 aliphatic heterocycles. The number of piperazine rings is 1. The summed E-state index contributed by atoms with van der Waals surface area (Å²) in [7, 11) is 0. The van der Waals surface area contributed by atoms with Crippen LogP contribution in [0.25, 0.3) is 11.2 Å². The van der Waals surface area contributed by atoms with Gasteiger partial charge in [-0.3, -0.25) is 4.90 Å². The lowest BCUT2D eigenvalue weighted by atomic mass is 10.1. The number of hydrogen-bond donors (Lipinski definition) is 2. The van der Waals surface area contributed by atoms with E-state index in [-0.39, 0.29) is 12.6 Å². The highest BCUT2D eigenvalue weighted by molar-refractivity contribution is 5.82. The second-order valence-corrected chi connectivity index (χ2v) is 6.37. The minimum Gasteiger partial charge on any atom is -0.396 e. The van der Waals surface area contributed by atoms with Crippen LogP contribution in [0.15, 0.2) is 43.0 Å². The second-order valence-electron chi connectivity index (χ2n) is 6.37. The molecule has 7 heteroatoms. The number of nitrogens with zero attached hydrogens (tertiary/aromatic N) is 5. The van der Waals surface area contributed by atoms with Crippen molar-refractivity contribution in [1.29, 1.82) is 0 Å². The Balaban J connectivity index is 1.54. The van der Waals surface area contributed by atoms with Crippen molar-refractivity contribution in [3.63, 3.8) is 0 Å². The lowest BCUT2D eigenvalue weighted by molar-refractivity contribution is 0.135. The van der Waals surface area contributed by atoms with Gasteiger partial charge < -0.3 is 15.0 Å². The number of benzene rings is 1. The van der Waals surface area contributed by atoms with Crippen LogP contribution in [-0.2, 0) is 6.54 Å². The molecule has 0 amide bonds. The van der Waals surface area contributed by atoms with Gasteiger partial charge in [0.25, 0.3) is 0 Å². The third kappa shape index (κ3) is 3.33. The van der Waals surface area contributed by atoms with Crippen LogP contribution in [-0.4, -0.2) is 62.2 Å². The topological polar surface area (TPSA) is 81.2 Å². The van der Waals surface area contributed by atoms with E-state index in [2.05, 4.69) is 54.0 Å². The Morgan fingerprint density at radius 1 is 1.12 bits per heavy atom. The van der Waals surface area contributed by atoms with Crippen molar-refractivity contribution in [1.82, 2.24) is 24.8 Å². The highest BCUT2D eigenvalue weighted by Gasteiger charge is 2.28. The van der Waals surface area contributed by atoms with Gasteiger partial charge in [0.15, 0.2) is 11.5 Å². The van der Waals surface area contributed by atoms with E-state index < -0.39 is 0 Å². The van der Waals surface area contributed by atoms with Crippen LogP contribution < -0.4 is 4.90 Å². The summed E-state index contributed by atoms with van der Waals surface area (Å²) < 4.78 is 0. The van der Waals surface area contributed by atoms with Crippen LogP contribution in [0.5, 0.6) is 0 Å². The Hall–Kier alpha value is -2.51. The predicted octanol–water partition coefficient (Wildman–Crippen LogP) is 1.43. The molecule has 3 heterocycles. The monoisotopic (exact) mass is 338 g/mol. The normalized spacial score (nSPS) is 18.8. The van der Waals surface area contributed by atoms with Gasteiger partial charge in [0.1, 0.15) is 11.8 Å². The molecule has 0 saturated carbocycles. The number of anilines is 1. The Kier molecular flexibility index (Phi) is 4.58. The number of aliphatic hydroxyl groups is 1. The highest BCUT2D eigenvalue weighted by Crippen LogP contribution is 2.24. The van der Waals surface area contributed by atoms with Crippen molar-refractivity contribution < 1.29 is 5.11 Å². The first-order valence-electron chi connectivity index (χ1n) is 8.63. The quantitative estimate of drug-likeness (QED) is 0.732. The zero-order valence-corrected chi connectivity index (χ0v) is 14.0. The number of nitrogens with one attached hydrogen (secondary N) is 1. The van der Waals surface area contributed by atoms with Crippen LogP contribution in [0.1, 0.15) is 12.0 Å². The number of aliphatic hydroxyl groups excluding tert-OH is 1. The molecule has 2 N–H and O–H groups in total. The average Bonchev–Trinajstić information content (AvgIpc) is 3.13. The first-order valence-corrected chi connectivity index (χ1v) is 8.63. The number of aromatic amines is 1. The molecule has 130 valence electrons. The molecular formula is C18H22N6O. The molecule has 1 atom stereocenters. The van der Waals surface area contributed by atoms with Crippen LogP contribution in [0.2, 0.25) is 0 Å². The molecule has 1 unspecified atom stereocenters. The van der Waals surface area contributed by atoms with Crippen molar-refractivity contribution in [2.75, 3.05) is 31.1 Å². The van der Waals surface area contributed by atoms with E-state index in [9.17, 15) is 5.11 Å². The number of H-pyrrole nitrogens is 1. The van der Waals surface area contributed by atoms with E-state index in [1.54, 1.807) is 12.7 Å². The molecule has 0 bridgehead atoms. The summed E-state index contributed by atoms with van der Waals surface area (Å²) in [4.78, 5) is 20.7. The molecule has 3 aromatic rings. The van der Waals surface area contributed by atoms with E-state index >= 15 is 0 Å². The maximum atomic E-state index is 9.51. The molecule has 7 nitrogen and oxygen atoms in total. The third-order valence-corrected chi connectivity index (χ3v) is 4.80. The Bertz CT molecular complexity index is 821. The number of aromatic nitrogens is 4. The fourth-order valence-electron chi connectivity index (χ4n) is 3.53. The molecule has 1 saturated heterocycles. The van der Waals surface area contributed by atoms with Gasteiger partial charge in [-0.05, 0) is 12.0 Å². The van der Waals surface area contributed by atoms with Crippen molar-refractivity contribution in [2.45, 2.75) is 19.0 Å². The summed E-state index contributed by atoms with van der Waals surface area (Å²) in [6.45, 7) is 3.74. The third-order valence-electron chi connectivity index (χ3n) is 4.80. The molecule has 0 spiro atoms. The zero-order chi connectivity index (χ0) is 17.1. The molecule has 25 heavy (non-hydrogen) atoms. The van der Waals surface area contributed by atoms with Crippen molar-refractivity contribution in [2.24, 2.45) is 0 Å². The van der Waals surface area contributed by atoms with Gasteiger partial charge in [-0.2, -0.15) is 0 Å². The van der Waals surface area contributed by atoms with E-state index in [4.69, 9.17) is 0 Å². The minimum atomic E-state index is 0.188. The molecule has 0 radical (unpaired) electrons. The standard InChI is InChI=1S/C18H22N6O/c25-9-6-15-11-24(18-16-17(20-12-19-16)21-13-22-18)8-7-23(15)10-14-4-2-1-3-5-14/h1-5,12-13,15,25H,6-11H2,(H,19,20,21,22). The van der Waals surface area contributed by atoms with Gasteiger partial charge in [0, 0.05) is 38.8 Å². The number of hydrogen-bond acceptors (Lipinski definition) is 6. The van der Waals surface area contributed by atoms with Gasteiger partial charge >= 0.3 is 0 Å². The van der Waals surface area contributed by atoms with Gasteiger partial charge in [0.2, 0.25) is 0 Å². The maximum absolute atomic E-state index is 9.51. The molecule has 4 rings (SSSR count). The second kappa shape index (κ2) is 7.16. The highest BCUT2D eigenvalue weighted by atomic mass is 16.3. The predicted molar refractivity (Wildman–Crippen MR) is 96.2 cm³/mol. The van der Waals surface area contributed by atoms with Crippen LogP contribution in [0.3, 0.4) is 0 Å². The lowest BCUT2D eigenvalue weighted by Crippen LogP contribution is -2.53. The number of fused-ring (bicyclic) bond motifs is 1. The van der Waals surface area contributed by atoms with Crippen LogP contribution in [0.4, 0.5) is 5.82 Å². The lowest BCUT2D eigenvalue weighted by Gasteiger charge is -2.42. The van der Waals surface area contributed by atoms with Crippen LogP contribution in [0, 0.1) is 0 Å². The summed E-state index contributed by atoms with van der Waals surface area (Å²) >= 11 is 0. The summed E-state index contributed by atoms with van der Waals surface area (Å²) in [5.41, 5.74) is 2.87. The Labute approximate surface area is 146 Å². The number of rotatable bonds is 5. The molecule has 0 aliphatic carbocycles. The summed E-state index contributed by atoms with van der Waals surface area (Å²) in [6.07, 6.45) is 3.97. The van der Waals surface area contributed by atoms with Gasteiger partial charge in [0.05, 0.1) is 6.33 Å². The molecule has 1 fully saturated rings. The van der Waals surface area contributed by atoms with Gasteiger partial charge in [-0.15, -0.1) is 0 Å². The number of imidazole rings is 1. The van der Waals surface area contributed by atoms with Crippen LogP contribution >= 0.6 is 0 Å². The maximum Gasteiger partial charge on any atom is 0.182 e. The molecule has 2 aromatic heterocycles. The largest absolute Gasteiger partial charge is 0.396 e. The minimum absolute atomic E-state index is 0.188. The van der Waals surface area contributed by atoms with E-state index in [0.29, 0.717) is 5.65 Å². The summed E-state index contributed by atoms with van der Waals surface area (Å²) in [5.74, 6) is 0.893. The Morgan fingerprint density at radius 3 is 2.84 bits per heavy atom. The first-order chi connectivity index (χ1) is 12.3. The van der Waals surface area contributed by atoms with Crippen molar-refractivity contribution in [3.05, 3.63) is 48.5 Å². The summed E-state index contributed by atoms with van der Waals surface area (Å²) in [5, 5.41) is 9.51. The van der Waals surface area contributed by atoms with Crippen molar-refractivity contribution in [3.8, 4) is 0 Å². The average molecular weight is 338 g/mol. The SMILES string of the molecule is OCCC1CN(c2ncnc3nc[nH]c23)CCN1Cc1ccccc1.